The summed E-state index contributed by atoms with van der Waals surface area (Å²) < 4.78 is 7.00. The molecule has 29 heavy (non-hydrogen) atoms. The van der Waals surface area contributed by atoms with E-state index in [-0.39, 0.29) is 5.56 Å². The molecule has 0 spiro atoms. The third-order valence-electron chi connectivity index (χ3n) is 5.14. The van der Waals surface area contributed by atoms with E-state index in [2.05, 4.69) is 41.1 Å². The van der Waals surface area contributed by atoms with Gasteiger partial charge in [-0.3, -0.25) is 9.48 Å². The van der Waals surface area contributed by atoms with Gasteiger partial charge >= 0.3 is 0 Å². The van der Waals surface area contributed by atoms with Crippen LogP contribution in [0, 0.1) is 6.92 Å². The van der Waals surface area contributed by atoms with Crippen LogP contribution in [-0.4, -0.2) is 20.6 Å². The first kappa shape index (κ1) is 19.3. The second kappa shape index (κ2) is 7.79. The number of nitrogens with one attached hydrogen (secondary N) is 1. The first-order valence-corrected chi connectivity index (χ1v) is 10.7. The van der Waals surface area contributed by atoms with Gasteiger partial charge < -0.3 is 9.29 Å². The number of nitrogens with zero attached hydrogens (tertiary/aromatic N) is 3. The summed E-state index contributed by atoms with van der Waals surface area (Å²) in [6, 6.07) is 16.7. The molecule has 6 heteroatoms. The van der Waals surface area contributed by atoms with Crippen molar-refractivity contribution >= 4 is 28.5 Å². The average Bonchev–Trinajstić information content (AvgIpc) is 3.02. The van der Waals surface area contributed by atoms with Crippen molar-refractivity contribution in [3.05, 3.63) is 81.9 Å². The van der Waals surface area contributed by atoms with Crippen LogP contribution < -0.4 is 10.3 Å². The lowest BCUT2D eigenvalue weighted by Gasteiger charge is -2.11. The summed E-state index contributed by atoms with van der Waals surface area (Å²) in [4.78, 5) is 12.1. The van der Waals surface area contributed by atoms with E-state index < -0.39 is 0 Å². The molecule has 0 bridgehead atoms. The van der Waals surface area contributed by atoms with E-state index in [1.54, 1.807) is 23.6 Å². The maximum absolute atomic E-state index is 12.1. The number of hydrogen-bond acceptors (Lipinski definition) is 4. The molecule has 0 aliphatic heterocycles. The van der Waals surface area contributed by atoms with Crippen LogP contribution in [0.3, 0.4) is 0 Å². The van der Waals surface area contributed by atoms with Gasteiger partial charge in [0.25, 0.3) is 5.56 Å². The van der Waals surface area contributed by atoms with Crippen molar-refractivity contribution in [2.45, 2.75) is 13.3 Å². The molecular weight excluding hydrogens is 380 g/mol. The molecule has 1 N–H and O–H groups in total. The van der Waals surface area contributed by atoms with Crippen LogP contribution in [0.25, 0.3) is 22.0 Å². The average molecular weight is 405 g/mol. The predicted molar refractivity (Wildman–Crippen MR) is 123 cm³/mol. The van der Waals surface area contributed by atoms with E-state index in [1.807, 2.05) is 43.2 Å². The molecule has 148 valence electrons. The zero-order valence-corrected chi connectivity index (χ0v) is 17.9. The van der Waals surface area contributed by atoms with Crippen molar-refractivity contribution in [3.63, 3.8) is 0 Å². The van der Waals surface area contributed by atoms with Gasteiger partial charge in [-0.25, -0.2) is 0 Å². The molecule has 2 aromatic carbocycles. The van der Waals surface area contributed by atoms with E-state index in [0.29, 0.717) is 0 Å². The highest BCUT2D eigenvalue weighted by atomic mass is 32.2. The molecule has 0 saturated carbocycles. The summed E-state index contributed by atoms with van der Waals surface area (Å²) in [5, 5.41) is 5.95. The summed E-state index contributed by atoms with van der Waals surface area (Å²) in [6.45, 7) is 1.86. The van der Waals surface area contributed by atoms with E-state index >= 15 is 0 Å². The minimum absolute atomic E-state index is 0.0310. The standard InChI is InChI=1S/C23H24N4OS/c1-15-10-18(14-26(2)23(15)28)17-12-19-20(11-16-8-6-5-7-9-16)24-27(3)22(19)21(13-17)25-29-4/h5-10,12-14,25H,11H2,1-4H3. The van der Waals surface area contributed by atoms with Gasteiger partial charge in [0.15, 0.2) is 0 Å². The van der Waals surface area contributed by atoms with Crippen LogP contribution in [0.1, 0.15) is 16.8 Å². The Morgan fingerprint density at radius 3 is 2.52 bits per heavy atom. The van der Waals surface area contributed by atoms with Gasteiger partial charge in [0, 0.05) is 43.9 Å². The number of aryl methyl sites for hydroxylation is 3. The third-order valence-corrected chi connectivity index (χ3v) is 5.56. The van der Waals surface area contributed by atoms with Gasteiger partial charge in [0.1, 0.15) is 0 Å². The summed E-state index contributed by atoms with van der Waals surface area (Å²) in [5.41, 5.74) is 7.22. The maximum Gasteiger partial charge on any atom is 0.253 e. The van der Waals surface area contributed by atoms with E-state index in [0.717, 1.165) is 45.4 Å². The summed E-state index contributed by atoms with van der Waals surface area (Å²) >= 11 is 1.56. The number of rotatable bonds is 5. The molecule has 0 aliphatic carbocycles. The zero-order valence-electron chi connectivity index (χ0n) is 17.1. The third kappa shape index (κ3) is 3.68. The lowest BCUT2D eigenvalue weighted by atomic mass is 10.00. The summed E-state index contributed by atoms with van der Waals surface area (Å²) in [7, 11) is 3.78. The number of aromatic nitrogens is 3. The number of benzene rings is 2. The summed E-state index contributed by atoms with van der Waals surface area (Å²) in [5.74, 6) is 0. The molecule has 2 aromatic heterocycles. The van der Waals surface area contributed by atoms with Crippen LogP contribution in [0.4, 0.5) is 5.69 Å². The van der Waals surface area contributed by atoms with Gasteiger partial charge in [-0.1, -0.05) is 42.3 Å². The zero-order chi connectivity index (χ0) is 20.5. The highest BCUT2D eigenvalue weighted by molar-refractivity contribution is 7.99. The number of hydrogen-bond donors (Lipinski definition) is 1. The minimum atomic E-state index is 0.0310. The minimum Gasteiger partial charge on any atom is -0.328 e. The molecule has 0 aliphatic rings. The Kier molecular flexibility index (Phi) is 5.20. The molecule has 0 atom stereocenters. The maximum atomic E-state index is 12.1. The Morgan fingerprint density at radius 1 is 1.07 bits per heavy atom. The normalized spacial score (nSPS) is 11.2. The Bertz CT molecular complexity index is 1220. The van der Waals surface area contributed by atoms with Gasteiger partial charge in [-0.15, -0.1) is 0 Å². The van der Waals surface area contributed by atoms with Crippen LogP contribution >= 0.6 is 11.9 Å². The number of anilines is 1. The molecule has 5 nitrogen and oxygen atoms in total. The Hall–Kier alpha value is -2.99. The van der Waals surface area contributed by atoms with Crippen molar-refractivity contribution in [3.8, 4) is 11.1 Å². The fourth-order valence-corrected chi connectivity index (χ4v) is 4.17. The summed E-state index contributed by atoms with van der Waals surface area (Å²) in [6.07, 6.45) is 4.68. The van der Waals surface area contributed by atoms with Gasteiger partial charge in [0.2, 0.25) is 0 Å². The van der Waals surface area contributed by atoms with E-state index in [9.17, 15) is 4.79 Å². The molecule has 4 aromatic rings. The quantitative estimate of drug-likeness (QED) is 0.497. The Labute approximate surface area is 174 Å². The van der Waals surface area contributed by atoms with Crippen LogP contribution in [0.5, 0.6) is 0 Å². The molecule has 0 radical (unpaired) electrons. The van der Waals surface area contributed by atoms with E-state index in [4.69, 9.17) is 5.10 Å². The molecule has 0 amide bonds. The molecule has 0 unspecified atom stereocenters. The number of fused-ring (bicyclic) bond motifs is 1. The first-order chi connectivity index (χ1) is 14.0. The fourth-order valence-electron chi connectivity index (χ4n) is 3.80. The Morgan fingerprint density at radius 2 is 1.83 bits per heavy atom. The fraction of sp³-hybridized carbons (Fsp3) is 0.217. The second-order valence-corrected chi connectivity index (χ2v) is 7.90. The van der Waals surface area contributed by atoms with Gasteiger partial charge in [-0.05, 0) is 41.8 Å². The largest absolute Gasteiger partial charge is 0.328 e. The molecular formula is C23H24N4OS. The lowest BCUT2D eigenvalue weighted by Crippen LogP contribution is -2.18. The monoisotopic (exact) mass is 404 g/mol. The predicted octanol–water partition coefficient (Wildman–Crippen LogP) is 4.53. The van der Waals surface area contributed by atoms with Gasteiger partial charge in [-0.2, -0.15) is 5.10 Å². The van der Waals surface area contributed by atoms with Crippen molar-refractivity contribution in [1.82, 2.24) is 14.3 Å². The van der Waals surface area contributed by atoms with E-state index in [1.165, 1.54) is 5.56 Å². The lowest BCUT2D eigenvalue weighted by molar-refractivity contribution is 0.775. The van der Waals surface area contributed by atoms with Crippen LogP contribution in [-0.2, 0) is 20.5 Å². The first-order valence-electron chi connectivity index (χ1n) is 9.48. The smallest absolute Gasteiger partial charge is 0.253 e. The van der Waals surface area contributed by atoms with Crippen molar-refractivity contribution in [2.75, 3.05) is 11.0 Å². The Balaban J connectivity index is 1.93. The van der Waals surface area contributed by atoms with Crippen molar-refractivity contribution in [1.29, 1.82) is 0 Å². The molecule has 0 saturated heterocycles. The van der Waals surface area contributed by atoms with Crippen molar-refractivity contribution in [2.24, 2.45) is 14.1 Å². The second-order valence-electron chi connectivity index (χ2n) is 7.29. The van der Waals surface area contributed by atoms with Crippen LogP contribution in [0.15, 0.2) is 59.5 Å². The molecule has 2 heterocycles. The topological polar surface area (TPSA) is 51.9 Å². The van der Waals surface area contributed by atoms with Crippen LogP contribution in [0.2, 0.25) is 0 Å². The highest BCUT2D eigenvalue weighted by Crippen LogP contribution is 2.34. The SMILES string of the molecule is CSNc1cc(-c2cc(C)c(=O)n(C)c2)cc2c(Cc3ccccc3)nn(C)c12. The number of pyridine rings is 1. The van der Waals surface area contributed by atoms with Crippen molar-refractivity contribution < 1.29 is 0 Å². The molecule has 4 rings (SSSR count). The van der Waals surface area contributed by atoms with Gasteiger partial charge in [0.05, 0.1) is 16.9 Å². The molecule has 0 fully saturated rings. The highest BCUT2D eigenvalue weighted by Gasteiger charge is 2.16.